The van der Waals surface area contributed by atoms with Gasteiger partial charge in [-0.15, -0.1) is 0 Å². The van der Waals surface area contributed by atoms with Crippen molar-refractivity contribution in [3.05, 3.63) is 17.7 Å². The van der Waals surface area contributed by atoms with E-state index in [9.17, 15) is 0 Å². The summed E-state index contributed by atoms with van der Waals surface area (Å²) in [7, 11) is 0. The van der Waals surface area contributed by atoms with E-state index in [0.717, 1.165) is 37.2 Å². The number of aromatic amines is 1. The molecule has 1 fully saturated rings. The first-order valence-corrected chi connectivity index (χ1v) is 5.43. The van der Waals surface area contributed by atoms with Gasteiger partial charge in [-0.25, -0.2) is 4.98 Å². The summed E-state index contributed by atoms with van der Waals surface area (Å²) in [6, 6.07) is 2.72. The van der Waals surface area contributed by atoms with Gasteiger partial charge in [0.1, 0.15) is 0 Å². The van der Waals surface area contributed by atoms with Crippen molar-refractivity contribution >= 4 is 0 Å². The third-order valence-electron chi connectivity index (χ3n) is 3.15. The molecule has 1 aromatic heterocycles. The van der Waals surface area contributed by atoms with Crippen molar-refractivity contribution in [2.75, 3.05) is 0 Å². The Kier molecular flexibility index (Phi) is 3.02. The molecule has 2 atom stereocenters. The Morgan fingerprint density at radius 3 is 3.20 bits per heavy atom. The Bertz CT molecular complexity index is 363. The van der Waals surface area contributed by atoms with Crippen LogP contribution in [0.5, 0.6) is 0 Å². The number of rotatable bonds is 3. The highest BCUT2D eigenvalue weighted by molar-refractivity contribution is 5.09. The molecule has 2 rings (SSSR count). The van der Waals surface area contributed by atoms with Crippen LogP contribution in [0.3, 0.4) is 0 Å². The van der Waals surface area contributed by atoms with E-state index >= 15 is 0 Å². The van der Waals surface area contributed by atoms with Crippen molar-refractivity contribution in [2.24, 2.45) is 5.92 Å². The Morgan fingerprint density at radius 1 is 1.67 bits per heavy atom. The van der Waals surface area contributed by atoms with E-state index in [0.29, 0.717) is 6.04 Å². The second-order valence-corrected chi connectivity index (χ2v) is 4.13. The summed E-state index contributed by atoms with van der Waals surface area (Å²) in [5.41, 5.74) is 2.16. The fraction of sp³-hybridized carbons (Fsp3) is 0.636. The molecule has 0 spiro atoms. The van der Waals surface area contributed by atoms with Gasteiger partial charge >= 0.3 is 0 Å². The van der Waals surface area contributed by atoms with Crippen molar-refractivity contribution in [3.63, 3.8) is 0 Å². The second kappa shape index (κ2) is 4.45. The van der Waals surface area contributed by atoms with Crippen LogP contribution in [0.4, 0.5) is 0 Å². The first kappa shape index (κ1) is 10.2. The van der Waals surface area contributed by atoms with Gasteiger partial charge in [-0.05, 0) is 19.8 Å². The number of H-pyrrole nitrogens is 1. The number of imidazole rings is 1. The van der Waals surface area contributed by atoms with E-state index in [1.165, 1.54) is 0 Å². The van der Waals surface area contributed by atoms with Gasteiger partial charge in [0.2, 0.25) is 0 Å². The first-order valence-electron chi connectivity index (χ1n) is 5.43. The van der Waals surface area contributed by atoms with Crippen LogP contribution in [0.2, 0.25) is 0 Å². The van der Waals surface area contributed by atoms with Gasteiger partial charge in [-0.1, -0.05) is 6.42 Å². The van der Waals surface area contributed by atoms with Gasteiger partial charge in [0.15, 0.2) is 0 Å². The summed E-state index contributed by atoms with van der Waals surface area (Å²) in [5, 5.41) is 12.4. The minimum absolute atomic E-state index is 0.184. The van der Waals surface area contributed by atoms with Crippen molar-refractivity contribution in [3.8, 4) is 6.07 Å². The standard InChI is InChI=1S/C11H16N4/c1-8-11(15-7-14-8)6-13-10-4-2-3-9(10)5-12/h7,9-10,13H,2-4,6H2,1H3,(H,14,15). The highest BCUT2D eigenvalue weighted by Gasteiger charge is 2.26. The molecular formula is C11H16N4. The largest absolute Gasteiger partial charge is 0.348 e. The van der Waals surface area contributed by atoms with E-state index in [1.807, 2.05) is 6.92 Å². The van der Waals surface area contributed by atoms with E-state index in [-0.39, 0.29) is 5.92 Å². The summed E-state index contributed by atoms with van der Waals surface area (Å²) in [6.07, 6.45) is 5.02. The van der Waals surface area contributed by atoms with Gasteiger partial charge in [-0.3, -0.25) is 0 Å². The van der Waals surface area contributed by atoms with Crippen LogP contribution in [0.15, 0.2) is 6.33 Å². The van der Waals surface area contributed by atoms with Gasteiger partial charge in [0, 0.05) is 18.3 Å². The summed E-state index contributed by atoms with van der Waals surface area (Å²) in [5.74, 6) is 0.184. The molecule has 80 valence electrons. The number of nitrogens with zero attached hydrogens (tertiary/aromatic N) is 2. The van der Waals surface area contributed by atoms with Crippen LogP contribution in [0.1, 0.15) is 30.7 Å². The molecule has 0 radical (unpaired) electrons. The maximum absolute atomic E-state index is 8.94. The molecule has 2 N–H and O–H groups in total. The smallest absolute Gasteiger partial charge is 0.0925 e. The normalized spacial score (nSPS) is 25.3. The molecular weight excluding hydrogens is 188 g/mol. The molecule has 2 unspecified atom stereocenters. The fourth-order valence-electron chi connectivity index (χ4n) is 2.15. The summed E-state index contributed by atoms with van der Waals surface area (Å²) in [4.78, 5) is 7.28. The molecule has 1 aromatic rings. The van der Waals surface area contributed by atoms with Crippen LogP contribution in [-0.2, 0) is 6.54 Å². The van der Waals surface area contributed by atoms with Crippen LogP contribution in [-0.4, -0.2) is 16.0 Å². The predicted molar refractivity (Wildman–Crippen MR) is 56.9 cm³/mol. The van der Waals surface area contributed by atoms with Crippen LogP contribution < -0.4 is 5.32 Å². The van der Waals surface area contributed by atoms with E-state index in [4.69, 9.17) is 5.26 Å². The number of hydrogen-bond donors (Lipinski definition) is 2. The lowest BCUT2D eigenvalue weighted by atomic mass is 10.1. The van der Waals surface area contributed by atoms with E-state index in [2.05, 4.69) is 21.4 Å². The highest BCUT2D eigenvalue weighted by atomic mass is 15.0. The van der Waals surface area contributed by atoms with E-state index in [1.54, 1.807) is 6.33 Å². The third kappa shape index (κ3) is 2.18. The average Bonchev–Trinajstić information content (AvgIpc) is 2.83. The van der Waals surface area contributed by atoms with E-state index < -0.39 is 0 Å². The Morgan fingerprint density at radius 2 is 2.53 bits per heavy atom. The van der Waals surface area contributed by atoms with Crippen LogP contribution >= 0.6 is 0 Å². The molecule has 0 aromatic carbocycles. The van der Waals surface area contributed by atoms with Gasteiger partial charge < -0.3 is 10.3 Å². The maximum Gasteiger partial charge on any atom is 0.0925 e. The molecule has 1 saturated carbocycles. The average molecular weight is 204 g/mol. The lowest BCUT2D eigenvalue weighted by molar-refractivity contribution is 0.461. The molecule has 1 heterocycles. The predicted octanol–water partition coefficient (Wildman–Crippen LogP) is 1.50. The molecule has 1 aliphatic carbocycles. The Hall–Kier alpha value is -1.34. The van der Waals surface area contributed by atoms with Crippen molar-refractivity contribution in [1.29, 1.82) is 5.26 Å². The van der Waals surface area contributed by atoms with Crippen molar-refractivity contribution in [2.45, 2.75) is 38.8 Å². The maximum atomic E-state index is 8.94. The van der Waals surface area contributed by atoms with Crippen molar-refractivity contribution in [1.82, 2.24) is 15.3 Å². The zero-order valence-electron chi connectivity index (χ0n) is 8.95. The zero-order valence-corrected chi connectivity index (χ0v) is 8.95. The van der Waals surface area contributed by atoms with Gasteiger partial charge in [0.25, 0.3) is 0 Å². The molecule has 4 heteroatoms. The molecule has 0 bridgehead atoms. The number of aryl methyl sites for hydroxylation is 1. The molecule has 4 nitrogen and oxygen atoms in total. The van der Waals surface area contributed by atoms with Crippen LogP contribution in [0.25, 0.3) is 0 Å². The summed E-state index contributed by atoms with van der Waals surface area (Å²) < 4.78 is 0. The molecule has 15 heavy (non-hydrogen) atoms. The van der Waals surface area contributed by atoms with Gasteiger partial charge in [-0.2, -0.15) is 5.26 Å². The number of nitrogens with one attached hydrogen (secondary N) is 2. The first-order chi connectivity index (χ1) is 7.31. The lowest BCUT2D eigenvalue weighted by Gasteiger charge is -2.14. The second-order valence-electron chi connectivity index (χ2n) is 4.13. The number of hydrogen-bond acceptors (Lipinski definition) is 3. The number of aromatic nitrogens is 2. The summed E-state index contributed by atoms with van der Waals surface area (Å²) >= 11 is 0. The summed E-state index contributed by atoms with van der Waals surface area (Å²) in [6.45, 7) is 2.78. The zero-order chi connectivity index (χ0) is 10.7. The Labute approximate surface area is 89.7 Å². The molecule has 0 aliphatic heterocycles. The molecule has 0 amide bonds. The molecule has 1 aliphatic rings. The van der Waals surface area contributed by atoms with Gasteiger partial charge in [0.05, 0.1) is 24.0 Å². The van der Waals surface area contributed by atoms with Crippen molar-refractivity contribution < 1.29 is 0 Å². The molecule has 0 saturated heterocycles. The lowest BCUT2D eigenvalue weighted by Crippen LogP contribution is -2.31. The third-order valence-corrected chi connectivity index (χ3v) is 3.15. The highest BCUT2D eigenvalue weighted by Crippen LogP contribution is 2.25. The minimum Gasteiger partial charge on any atom is -0.348 e. The quantitative estimate of drug-likeness (QED) is 0.784. The minimum atomic E-state index is 0.184. The fourth-order valence-corrected chi connectivity index (χ4v) is 2.15. The topological polar surface area (TPSA) is 64.5 Å². The monoisotopic (exact) mass is 204 g/mol. The van der Waals surface area contributed by atoms with Crippen LogP contribution in [0, 0.1) is 24.2 Å². The Balaban J connectivity index is 1.89. The SMILES string of the molecule is Cc1[nH]cnc1CNC1CCCC1C#N. The number of nitriles is 1.